The van der Waals surface area contributed by atoms with Crippen molar-refractivity contribution in [2.75, 3.05) is 13.1 Å². The Kier molecular flexibility index (Phi) is 4.27. The molecule has 0 aromatic heterocycles. The van der Waals surface area contributed by atoms with E-state index in [2.05, 4.69) is 10.6 Å². The molecule has 1 saturated heterocycles. The van der Waals surface area contributed by atoms with Gasteiger partial charge in [0, 0.05) is 19.0 Å². The summed E-state index contributed by atoms with van der Waals surface area (Å²) < 4.78 is 0. The molecule has 7 nitrogen and oxygen atoms in total. The Morgan fingerprint density at radius 3 is 2.88 bits per heavy atom. The third-order valence-corrected chi connectivity index (χ3v) is 5.55. The predicted octanol–water partition coefficient (Wildman–Crippen LogP) is 1.25. The highest BCUT2D eigenvalue weighted by Crippen LogP contribution is 2.46. The molecule has 3 N–H and O–H groups in total. The maximum atomic E-state index is 12.9. The Morgan fingerprint density at radius 1 is 1.33 bits per heavy atom. The lowest BCUT2D eigenvalue weighted by Gasteiger charge is -2.35. The molecular formula is C17H25N3O4. The molecule has 132 valence electrons. The zero-order valence-electron chi connectivity index (χ0n) is 14.0. The van der Waals surface area contributed by atoms with Crippen LogP contribution in [0.25, 0.3) is 0 Å². The highest BCUT2D eigenvalue weighted by atomic mass is 16.4. The first-order valence-corrected chi connectivity index (χ1v) is 8.68. The summed E-state index contributed by atoms with van der Waals surface area (Å²) in [4.78, 5) is 38.6. The maximum absolute atomic E-state index is 12.9. The van der Waals surface area contributed by atoms with Crippen LogP contribution in [0.15, 0.2) is 12.2 Å². The van der Waals surface area contributed by atoms with Crippen molar-refractivity contribution in [1.82, 2.24) is 15.5 Å². The average Bonchev–Trinajstić information content (AvgIpc) is 3.08. The molecule has 2 aliphatic heterocycles. The third kappa shape index (κ3) is 2.76. The molecule has 3 aliphatic rings. The minimum atomic E-state index is -1.22. The van der Waals surface area contributed by atoms with Gasteiger partial charge < -0.3 is 20.6 Å². The molecule has 3 rings (SSSR count). The van der Waals surface area contributed by atoms with E-state index in [1.54, 1.807) is 11.8 Å². The number of hydrogen-bond donors (Lipinski definition) is 3. The number of carboxylic acid groups (broad SMARTS) is 1. The van der Waals surface area contributed by atoms with Crippen molar-refractivity contribution < 1.29 is 19.5 Å². The standard InChI is InChI=1S/C17H25N3O4/c1-16-8-6-10-20(16)15(24)18-9-5-3-2-4-7-12-11-17(12,14(22)23)19-13(16)21/h4,7,12H,2-3,5-6,8-11H2,1H3,(H,18,24)(H,19,21)(H,22,23)/b7-4-. The van der Waals surface area contributed by atoms with Crippen LogP contribution in [0.3, 0.4) is 0 Å². The van der Waals surface area contributed by atoms with E-state index >= 15 is 0 Å². The summed E-state index contributed by atoms with van der Waals surface area (Å²) >= 11 is 0. The molecule has 1 saturated carbocycles. The molecule has 1 aliphatic carbocycles. The summed E-state index contributed by atoms with van der Waals surface area (Å²) in [5.41, 5.74) is -2.21. The van der Waals surface area contributed by atoms with E-state index in [1.165, 1.54) is 0 Å². The average molecular weight is 335 g/mol. The number of rotatable bonds is 1. The molecule has 0 aromatic rings. The Hall–Kier alpha value is -2.05. The fraction of sp³-hybridized carbons (Fsp3) is 0.706. The molecule has 0 bridgehead atoms. The highest BCUT2D eigenvalue weighted by Gasteiger charge is 2.62. The molecule has 0 radical (unpaired) electrons. The molecule has 2 heterocycles. The minimum Gasteiger partial charge on any atom is -0.479 e. The topological polar surface area (TPSA) is 98.7 Å². The number of urea groups is 1. The molecule has 0 spiro atoms. The van der Waals surface area contributed by atoms with Gasteiger partial charge >= 0.3 is 12.0 Å². The molecule has 2 fully saturated rings. The van der Waals surface area contributed by atoms with Gasteiger partial charge in [-0.3, -0.25) is 4.79 Å². The van der Waals surface area contributed by atoms with Crippen molar-refractivity contribution >= 4 is 17.9 Å². The van der Waals surface area contributed by atoms with Gasteiger partial charge in [-0.25, -0.2) is 9.59 Å². The Morgan fingerprint density at radius 2 is 2.12 bits per heavy atom. The maximum Gasteiger partial charge on any atom is 0.330 e. The minimum absolute atomic E-state index is 0.172. The number of carbonyl (C=O) groups is 3. The summed E-state index contributed by atoms with van der Waals surface area (Å²) in [7, 11) is 0. The normalized spacial score (nSPS) is 38.2. The van der Waals surface area contributed by atoms with Crippen LogP contribution in [-0.4, -0.2) is 52.1 Å². The number of hydrogen-bond acceptors (Lipinski definition) is 3. The number of amides is 3. The molecule has 3 amide bonds. The van der Waals surface area contributed by atoms with Crippen molar-refractivity contribution in [3.8, 4) is 0 Å². The van der Waals surface area contributed by atoms with Gasteiger partial charge in [-0.1, -0.05) is 12.2 Å². The van der Waals surface area contributed by atoms with Crippen LogP contribution in [0.2, 0.25) is 0 Å². The highest BCUT2D eigenvalue weighted by molar-refractivity contribution is 5.96. The number of aliphatic carboxylic acids is 1. The monoisotopic (exact) mass is 335 g/mol. The smallest absolute Gasteiger partial charge is 0.330 e. The summed E-state index contributed by atoms with van der Waals surface area (Å²) in [5.74, 6) is -1.55. The first-order valence-electron chi connectivity index (χ1n) is 8.68. The molecule has 0 aromatic carbocycles. The quantitative estimate of drug-likeness (QED) is 0.628. The molecular weight excluding hydrogens is 310 g/mol. The van der Waals surface area contributed by atoms with E-state index < -0.39 is 17.0 Å². The summed E-state index contributed by atoms with van der Waals surface area (Å²) in [6, 6.07) is -0.241. The van der Waals surface area contributed by atoms with E-state index in [0.29, 0.717) is 25.9 Å². The number of carboxylic acids is 1. The van der Waals surface area contributed by atoms with E-state index in [0.717, 1.165) is 25.7 Å². The van der Waals surface area contributed by atoms with Crippen LogP contribution < -0.4 is 10.6 Å². The predicted molar refractivity (Wildman–Crippen MR) is 87.4 cm³/mol. The molecule has 3 unspecified atom stereocenters. The number of fused-ring (bicyclic) bond motifs is 2. The molecule has 24 heavy (non-hydrogen) atoms. The van der Waals surface area contributed by atoms with Crippen LogP contribution in [0.1, 0.15) is 45.4 Å². The third-order valence-electron chi connectivity index (χ3n) is 5.55. The van der Waals surface area contributed by atoms with Gasteiger partial charge in [-0.05, 0) is 45.4 Å². The van der Waals surface area contributed by atoms with Gasteiger partial charge in [-0.15, -0.1) is 0 Å². The zero-order valence-corrected chi connectivity index (χ0v) is 14.0. The van der Waals surface area contributed by atoms with Crippen molar-refractivity contribution in [3.05, 3.63) is 12.2 Å². The van der Waals surface area contributed by atoms with Crippen LogP contribution in [0.4, 0.5) is 4.79 Å². The molecule has 7 heteroatoms. The van der Waals surface area contributed by atoms with E-state index in [-0.39, 0.29) is 17.9 Å². The van der Waals surface area contributed by atoms with Crippen molar-refractivity contribution in [2.45, 2.75) is 56.5 Å². The second kappa shape index (κ2) is 6.11. The second-order valence-corrected chi connectivity index (χ2v) is 7.23. The van der Waals surface area contributed by atoms with Crippen molar-refractivity contribution in [1.29, 1.82) is 0 Å². The van der Waals surface area contributed by atoms with E-state index in [1.807, 2.05) is 12.2 Å². The van der Waals surface area contributed by atoms with Gasteiger partial charge in [0.1, 0.15) is 11.1 Å². The first kappa shape index (κ1) is 16.8. The number of nitrogens with one attached hydrogen (secondary N) is 2. The Balaban J connectivity index is 1.86. The van der Waals surface area contributed by atoms with E-state index in [9.17, 15) is 19.5 Å². The number of nitrogens with zero attached hydrogens (tertiary/aromatic N) is 1. The first-order chi connectivity index (χ1) is 11.4. The lowest BCUT2D eigenvalue weighted by atomic mass is 9.96. The Labute approximate surface area is 141 Å². The Bertz CT molecular complexity index is 590. The van der Waals surface area contributed by atoms with Gasteiger partial charge in [0.15, 0.2) is 0 Å². The van der Waals surface area contributed by atoms with E-state index in [4.69, 9.17) is 0 Å². The van der Waals surface area contributed by atoms with Crippen LogP contribution in [-0.2, 0) is 9.59 Å². The molecule has 3 atom stereocenters. The van der Waals surface area contributed by atoms with Gasteiger partial charge in [0.25, 0.3) is 0 Å². The zero-order chi connectivity index (χ0) is 17.4. The van der Waals surface area contributed by atoms with Gasteiger partial charge in [0.2, 0.25) is 5.91 Å². The lowest BCUT2D eigenvalue weighted by Crippen LogP contribution is -2.61. The van der Waals surface area contributed by atoms with Crippen LogP contribution in [0.5, 0.6) is 0 Å². The van der Waals surface area contributed by atoms with Gasteiger partial charge in [0.05, 0.1) is 0 Å². The van der Waals surface area contributed by atoms with Crippen LogP contribution >= 0.6 is 0 Å². The number of allylic oxidation sites excluding steroid dienone is 1. The SMILES string of the molecule is CC12CCCN1C(=O)NCCCC/C=C\C1CC1(C(=O)O)NC2=O. The number of carbonyl (C=O) groups excluding carboxylic acids is 2. The summed E-state index contributed by atoms with van der Waals surface area (Å²) in [6.07, 6.45) is 8.23. The largest absolute Gasteiger partial charge is 0.479 e. The fourth-order valence-electron chi connectivity index (χ4n) is 3.76. The van der Waals surface area contributed by atoms with Crippen molar-refractivity contribution in [2.24, 2.45) is 5.92 Å². The van der Waals surface area contributed by atoms with Gasteiger partial charge in [-0.2, -0.15) is 0 Å². The summed E-state index contributed by atoms with van der Waals surface area (Å²) in [6.45, 7) is 2.83. The van der Waals surface area contributed by atoms with Crippen molar-refractivity contribution in [3.63, 3.8) is 0 Å². The second-order valence-electron chi connectivity index (χ2n) is 7.23. The lowest BCUT2D eigenvalue weighted by molar-refractivity contribution is -0.145. The fourth-order valence-corrected chi connectivity index (χ4v) is 3.76. The van der Waals surface area contributed by atoms with Crippen LogP contribution in [0, 0.1) is 5.92 Å². The summed E-state index contributed by atoms with van der Waals surface area (Å²) in [5, 5.41) is 15.2.